The molecule has 3 aromatic rings. The zero-order valence-electron chi connectivity index (χ0n) is 14.9. The highest BCUT2D eigenvalue weighted by atomic mass is 16.5. The average Bonchev–Trinajstić information content (AvgIpc) is 3.24. The number of nitrogens with one attached hydrogen (secondary N) is 3. The van der Waals surface area contributed by atoms with E-state index in [9.17, 15) is 9.59 Å². The summed E-state index contributed by atoms with van der Waals surface area (Å²) in [7, 11) is 0. The lowest BCUT2D eigenvalue weighted by molar-refractivity contribution is 0.0526. The molecule has 1 amide bonds. The Labute approximate surface area is 160 Å². The van der Waals surface area contributed by atoms with Gasteiger partial charge in [0.25, 0.3) is 0 Å². The van der Waals surface area contributed by atoms with Gasteiger partial charge in [-0.25, -0.2) is 14.8 Å². The lowest BCUT2D eigenvalue weighted by Gasteiger charge is -2.13. The largest absolute Gasteiger partial charge is 0.462 e. The van der Waals surface area contributed by atoms with Crippen LogP contribution in [0.5, 0.6) is 0 Å². The number of amides is 1. The van der Waals surface area contributed by atoms with Crippen LogP contribution in [0.25, 0.3) is 0 Å². The molecule has 2 heterocycles. The predicted molar refractivity (Wildman–Crippen MR) is 102 cm³/mol. The maximum Gasteiger partial charge on any atom is 0.338 e. The zero-order chi connectivity index (χ0) is 19.9. The highest BCUT2D eigenvalue weighted by Crippen LogP contribution is 2.25. The molecular formula is C18H18N6O4. The molecular weight excluding hydrogens is 364 g/mol. The SMILES string of the molecule is CCOC(=O)c1cccc(Nc2ncnc(NNC(=O)c3ccco3)c2N)c1. The molecule has 28 heavy (non-hydrogen) atoms. The predicted octanol–water partition coefficient (Wildman–Crippen LogP) is 2.33. The number of esters is 1. The fraction of sp³-hybridized carbons (Fsp3) is 0.111. The summed E-state index contributed by atoms with van der Waals surface area (Å²) in [5, 5.41) is 3.01. The molecule has 10 heteroatoms. The minimum atomic E-state index is -0.486. The number of rotatable bonds is 7. The molecule has 0 bridgehead atoms. The first-order valence-electron chi connectivity index (χ1n) is 8.33. The Hall–Kier alpha value is -4.08. The fourth-order valence-corrected chi connectivity index (χ4v) is 2.26. The van der Waals surface area contributed by atoms with Crippen molar-refractivity contribution in [2.45, 2.75) is 6.92 Å². The number of benzene rings is 1. The zero-order valence-corrected chi connectivity index (χ0v) is 14.9. The molecule has 0 radical (unpaired) electrons. The van der Waals surface area contributed by atoms with Crippen LogP contribution in [0.2, 0.25) is 0 Å². The Morgan fingerprint density at radius 1 is 1.18 bits per heavy atom. The van der Waals surface area contributed by atoms with E-state index in [4.69, 9.17) is 14.9 Å². The van der Waals surface area contributed by atoms with E-state index in [2.05, 4.69) is 26.1 Å². The van der Waals surface area contributed by atoms with Crippen molar-refractivity contribution >= 4 is 34.9 Å². The van der Waals surface area contributed by atoms with E-state index in [-0.39, 0.29) is 23.9 Å². The smallest absolute Gasteiger partial charge is 0.338 e. The van der Waals surface area contributed by atoms with Crippen molar-refractivity contribution in [2.24, 2.45) is 0 Å². The topological polar surface area (TPSA) is 144 Å². The molecule has 0 saturated heterocycles. The number of nitrogens with two attached hydrogens (primary N) is 1. The summed E-state index contributed by atoms with van der Waals surface area (Å²) in [6, 6.07) is 9.82. The van der Waals surface area contributed by atoms with Gasteiger partial charge in [-0.05, 0) is 37.3 Å². The minimum absolute atomic E-state index is 0.134. The minimum Gasteiger partial charge on any atom is -0.462 e. The van der Waals surface area contributed by atoms with E-state index in [0.29, 0.717) is 17.1 Å². The van der Waals surface area contributed by atoms with E-state index >= 15 is 0 Å². The Balaban J connectivity index is 1.72. The maximum atomic E-state index is 11.9. The molecule has 144 valence electrons. The van der Waals surface area contributed by atoms with Gasteiger partial charge in [-0.3, -0.25) is 15.6 Å². The molecule has 0 atom stereocenters. The number of nitrogen functional groups attached to an aromatic ring is 1. The second-order valence-electron chi connectivity index (χ2n) is 5.47. The van der Waals surface area contributed by atoms with Crippen LogP contribution in [0.15, 0.2) is 53.4 Å². The number of hydrogen-bond acceptors (Lipinski definition) is 9. The van der Waals surface area contributed by atoms with Gasteiger partial charge in [-0.15, -0.1) is 0 Å². The van der Waals surface area contributed by atoms with Crippen LogP contribution in [0, 0.1) is 0 Å². The molecule has 5 N–H and O–H groups in total. The highest BCUT2D eigenvalue weighted by molar-refractivity contribution is 5.93. The van der Waals surface area contributed by atoms with Crippen LogP contribution in [0.3, 0.4) is 0 Å². The monoisotopic (exact) mass is 382 g/mol. The molecule has 2 aromatic heterocycles. The maximum absolute atomic E-state index is 11.9. The van der Waals surface area contributed by atoms with Gasteiger partial charge in [0, 0.05) is 5.69 Å². The summed E-state index contributed by atoms with van der Waals surface area (Å²) in [5.41, 5.74) is 12.3. The first-order valence-corrected chi connectivity index (χ1v) is 8.33. The van der Waals surface area contributed by atoms with Crippen molar-refractivity contribution < 1.29 is 18.7 Å². The molecule has 10 nitrogen and oxygen atoms in total. The fourth-order valence-electron chi connectivity index (χ4n) is 2.26. The van der Waals surface area contributed by atoms with Crippen LogP contribution in [-0.4, -0.2) is 28.5 Å². The molecule has 0 aliphatic heterocycles. The highest BCUT2D eigenvalue weighted by Gasteiger charge is 2.13. The first-order chi connectivity index (χ1) is 13.6. The van der Waals surface area contributed by atoms with Crippen molar-refractivity contribution in [2.75, 3.05) is 23.1 Å². The van der Waals surface area contributed by atoms with Crippen LogP contribution in [0.4, 0.5) is 23.0 Å². The molecule has 0 aliphatic carbocycles. The van der Waals surface area contributed by atoms with E-state index in [1.165, 1.54) is 18.7 Å². The first kappa shape index (κ1) is 18.7. The number of nitrogens with zero attached hydrogens (tertiary/aromatic N) is 2. The van der Waals surface area contributed by atoms with Crippen LogP contribution in [-0.2, 0) is 4.74 Å². The summed E-state index contributed by atoms with van der Waals surface area (Å²) < 4.78 is 9.98. The van der Waals surface area contributed by atoms with Crippen molar-refractivity contribution in [1.29, 1.82) is 0 Å². The standard InChI is InChI=1S/C18H18N6O4/c1-2-27-18(26)11-5-3-6-12(9-11)22-15-14(19)16(21-10-20-15)23-24-17(25)13-7-4-8-28-13/h3-10H,2,19H2,1H3,(H,24,25)(H2,20,21,22,23). The molecule has 0 aliphatic rings. The third-order valence-electron chi connectivity index (χ3n) is 3.56. The number of carbonyl (C=O) groups is 2. The summed E-state index contributed by atoms with van der Waals surface area (Å²) >= 11 is 0. The lowest BCUT2D eigenvalue weighted by atomic mass is 10.2. The van der Waals surface area contributed by atoms with Crippen LogP contribution < -0.4 is 21.9 Å². The second kappa shape index (κ2) is 8.54. The summed E-state index contributed by atoms with van der Waals surface area (Å²) in [6.45, 7) is 2.02. The number of carbonyl (C=O) groups excluding carboxylic acids is 2. The average molecular weight is 382 g/mol. The van der Waals surface area contributed by atoms with Gasteiger partial charge in [-0.2, -0.15) is 0 Å². The normalized spacial score (nSPS) is 10.2. The van der Waals surface area contributed by atoms with Gasteiger partial charge in [-0.1, -0.05) is 6.07 Å². The summed E-state index contributed by atoms with van der Waals surface area (Å²) in [4.78, 5) is 31.9. The summed E-state index contributed by atoms with van der Waals surface area (Å²) in [6.07, 6.45) is 2.66. The third-order valence-corrected chi connectivity index (χ3v) is 3.56. The molecule has 0 saturated carbocycles. The number of hydrazine groups is 1. The van der Waals surface area contributed by atoms with Crippen molar-refractivity contribution in [3.8, 4) is 0 Å². The van der Waals surface area contributed by atoms with Crippen molar-refractivity contribution in [1.82, 2.24) is 15.4 Å². The van der Waals surface area contributed by atoms with Gasteiger partial charge in [0.2, 0.25) is 0 Å². The van der Waals surface area contributed by atoms with Crippen molar-refractivity contribution in [3.05, 3.63) is 60.3 Å². The molecule has 3 rings (SSSR count). The molecule has 0 spiro atoms. The van der Waals surface area contributed by atoms with Gasteiger partial charge < -0.3 is 20.2 Å². The number of hydrogen-bond donors (Lipinski definition) is 4. The Morgan fingerprint density at radius 3 is 2.75 bits per heavy atom. The van der Waals surface area contributed by atoms with Gasteiger partial charge in [0.05, 0.1) is 18.4 Å². The Morgan fingerprint density at radius 2 is 2.00 bits per heavy atom. The molecule has 1 aromatic carbocycles. The van der Waals surface area contributed by atoms with Crippen LogP contribution in [0.1, 0.15) is 27.8 Å². The van der Waals surface area contributed by atoms with Gasteiger partial charge >= 0.3 is 11.9 Å². The van der Waals surface area contributed by atoms with Crippen LogP contribution >= 0.6 is 0 Å². The van der Waals surface area contributed by atoms with E-state index in [0.717, 1.165) is 0 Å². The van der Waals surface area contributed by atoms with E-state index in [1.807, 2.05) is 0 Å². The number of aromatic nitrogens is 2. The van der Waals surface area contributed by atoms with Gasteiger partial charge in [0.1, 0.15) is 12.0 Å². The Kier molecular flexibility index (Phi) is 5.70. The Bertz CT molecular complexity index is 974. The molecule has 0 fully saturated rings. The third kappa shape index (κ3) is 4.36. The quantitative estimate of drug-likeness (QED) is 0.357. The second-order valence-corrected chi connectivity index (χ2v) is 5.47. The van der Waals surface area contributed by atoms with Gasteiger partial charge in [0.15, 0.2) is 17.4 Å². The molecule has 0 unspecified atom stereocenters. The number of ether oxygens (including phenoxy) is 1. The summed E-state index contributed by atoms with van der Waals surface area (Å²) in [5.74, 6) is -0.288. The van der Waals surface area contributed by atoms with E-state index < -0.39 is 11.9 Å². The van der Waals surface area contributed by atoms with Crippen molar-refractivity contribution in [3.63, 3.8) is 0 Å². The van der Waals surface area contributed by atoms with E-state index in [1.54, 1.807) is 37.3 Å². The number of anilines is 4. The lowest BCUT2D eigenvalue weighted by Crippen LogP contribution is -2.30. The number of furan rings is 1.